The molecule has 1 unspecified atom stereocenters. The van der Waals surface area contributed by atoms with Crippen LogP contribution in [-0.4, -0.2) is 36.6 Å². The molecule has 1 N–H and O–H groups in total. The molecule has 0 aromatic carbocycles. The highest BCUT2D eigenvalue weighted by Gasteiger charge is 2.30. The highest BCUT2D eigenvalue weighted by Crippen LogP contribution is 2.33. The average molecular weight is 216 g/mol. The number of aliphatic hydroxyl groups is 1. The zero-order valence-electron chi connectivity index (χ0n) is 10.1. The Hall–Kier alpha value is -0.120. The number of aliphatic hydroxyl groups excluding tert-OH is 1. The normalized spacial score (nSPS) is 27.8. The van der Waals surface area contributed by atoms with Gasteiger partial charge in [-0.3, -0.25) is 0 Å². The van der Waals surface area contributed by atoms with Gasteiger partial charge in [0.25, 0.3) is 0 Å². The second-order valence-electron chi connectivity index (χ2n) is 4.69. The quantitative estimate of drug-likeness (QED) is 0.707. The van der Waals surface area contributed by atoms with E-state index in [1.54, 1.807) is 0 Å². The lowest BCUT2D eigenvalue weighted by atomic mass is 9.79. The number of hydrogen-bond donors (Lipinski definition) is 1. The van der Waals surface area contributed by atoms with Crippen molar-refractivity contribution in [3.8, 4) is 0 Å². The van der Waals surface area contributed by atoms with E-state index in [1.165, 1.54) is 0 Å². The topological polar surface area (TPSA) is 38.7 Å². The van der Waals surface area contributed by atoms with Crippen LogP contribution in [0.4, 0.5) is 0 Å². The van der Waals surface area contributed by atoms with E-state index < -0.39 is 0 Å². The standard InChI is InChI=1S/C12H24O3/c1-4-14-12-6-10(7-12)5-11(13)8-15-9(2)3/h9-13H,4-8H2,1-3H3. The van der Waals surface area contributed by atoms with Crippen molar-refractivity contribution < 1.29 is 14.6 Å². The molecule has 3 nitrogen and oxygen atoms in total. The molecule has 0 aromatic rings. The minimum absolute atomic E-state index is 0.206. The largest absolute Gasteiger partial charge is 0.391 e. The maximum absolute atomic E-state index is 9.68. The minimum atomic E-state index is -0.306. The molecule has 3 heteroatoms. The molecule has 0 amide bonds. The summed E-state index contributed by atoms with van der Waals surface area (Å²) in [5, 5.41) is 9.68. The Labute approximate surface area is 92.8 Å². The minimum Gasteiger partial charge on any atom is -0.391 e. The van der Waals surface area contributed by atoms with E-state index in [1.807, 2.05) is 20.8 Å². The molecule has 1 aliphatic rings. The van der Waals surface area contributed by atoms with E-state index in [4.69, 9.17) is 9.47 Å². The monoisotopic (exact) mass is 216 g/mol. The van der Waals surface area contributed by atoms with Gasteiger partial charge >= 0.3 is 0 Å². The summed E-state index contributed by atoms with van der Waals surface area (Å²) in [5.74, 6) is 0.632. The molecule has 0 saturated heterocycles. The fraction of sp³-hybridized carbons (Fsp3) is 1.00. The summed E-state index contributed by atoms with van der Waals surface area (Å²) in [7, 11) is 0. The lowest BCUT2D eigenvalue weighted by Crippen LogP contribution is -2.34. The van der Waals surface area contributed by atoms with E-state index >= 15 is 0 Å². The predicted octanol–water partition coefficient (Wildman–Crippen LogP) is 1.98. The third-order valence-electron chi connectivity index (χ3n) is 2.82. The van der Waals surface area contributed by atoms with Gasteiger partial charge in [-0.1, -0.05) is 0 Å². The van der Waals surface area contributed by atoms with Gasteiger partial charge < -0.3 is 14.6 Å². The van der Waals surface area contributed by atoms with Gasteiger partial charge in [0.15, 0.2) is 0 Å². The summed E-state index contributed by atoms with van der Waals surface area (Å²) in [6.07, 6.45) is 3.41. The van der Waals surface area contributed by atoms with Crippen LogP contribution in [0.15, 0.2) is 0 Å². The smallest absolute Gasteiger partial charge is 0.0776 e. The van der Waals surface area contributed by atoms with Gasteiger partial charge in [-0.15, -0.1) is 0 Å². The summed E-state index contributed by atoms with van der Waals surface area (Å²) in [5.41, 5.74) is 0. The Balaban J connectivity index is 2.00. The number of hydrogen-bond acceptors (Lipinski definition) is 3. The Morgan fingerprint density at radius 2 is 2.00 bits per heavy atom. The summed E-state index contributed by atoms with van der Waals surface area (Å²) < 4.78 is 10.8. The molecule has 1 aliphatic carbocycles. The molecule has 0 aromatic heterocycles. The first kappa shape index (κ1) is 12.9. The van der Waals surface area contributed by atoms with E-state index in [0.717, 1.165) is 25.9 Å². The van der Waals surface area contributed by atoms with Gasteiger partial charge in [0.2, 0.25) is 0 Å². The van der Waals surface area contributed by atoms with Crippen LogP contribution in [0.3, 0.4) is 0 Å². The molecule has 0 bridgehead atoms. The van der Waals surface area contributed by atoms with Crippen LogP contribution in [0.1, 0.15) is 40.0 Å². The van der Waals surface area contributed by atoms with Gasteiger partial charge in [-0.25, -0.2) is 0 Å². The number of rotatable bonds is 7. The Morgan fingerprint density at radius 3 is 2.53 bits per heavy atom. The average Bonchev–Trinajstić information content (AvgIpc) is 2.11. The lowest BCUT2D eigenvalue weighted by molar-refractivity contribution is -0.0534. The predicted molar refractivity (Wildman–Crippen MR) is 59.8 cm³/mol. The number of ether oxygens (including phenoxy) is 2. The maximum Gasteiger partial charge on any atom is 0.0776 e. The molecule has 1 rings (SSSR count). The molecule has 0 radical (unpaired) electrons. The fourth-order valence-corrected chi connectivity index (χ4v) is 2.00. The second kappa shape index (κ2) is 6.46. The molecule has 0 aliphatic heterocycles. The molecule has 1 fully saturated rings. The summed E-state index contributed by atoms with van der Waals surface area (Å²) >= 11 is 0. The molecular weight excluding hydrogens is 192 g/mol. The van der Waals surface area contributed by atoms with Gasteiger partial charge in [0, 0.05) is 6.61 Å². The van der Waals surface area contributed by atoms with Crippen molar-refractivity contribution in [3.63, 3.8) is 0 Å². The van der Waals surface area contributed by atoms with Gasteiger partial charge in [0.1, 0.15) is 0 Å². The second-order valence-corrected chi connectivity index (χ2v) is 4.69. The van der Waals surface area contributed by atoms with Gasteiger partial charge in [-0.05, 0) is 46.0 Å². The van der Waals surface area contributed by atoms with Crippen LogP contribution in [0.2, 0.25) is 0 Å². The van der Waals surface area contributed by atoms with Crippen LogP contribution in [0.25, 0.3) is 0 Å². The van der Waals surface area contributed by atoms with Crippen LogP contribution < -0.4 is 0 Å². The van der Waals surface area contributed by atoms with Crippen molar-refractivity contribution in [2.45, 2.75) is 58.3 Å². The van der Waals surface area contributed by atoms with Gasteiger partial charge in [-0.2, -0.15) is 0 Å². The zero-order chi connectivity index (χ0) is 11.3. The zero-order valence-corrected chi connectivity index (χ0v) is 10.1. The van der Waals surface area contributed by atoms with Crippen molar-refractivity contribution in [1.82, 2.24) is 0 Å². The summed E-state index contributed by atoms with van der Waals surface area (Å²) in [4.78, 5) is 0. The van der Waals surface area contributed by atoms with Crippen molar-refractivity contribution in [3.05, 3.63) is 0 Å². The van der Waals surface area contributed by atoms with E-state index in [0.29, 0.717) is 18.6 Å². The molecule has 0 spiro atoms. The first-order chi connectivity index (χ1) is 7.11. The summed E-state index contributed by atoms with van der Waals surface area (Å²) in [6, 6.07) is 0. The molecular formula is C12H24O3. The molecule has 1 atom stereocenters. The molecule has 90 valence electrons. The van der Waals surface area contributed by atoms with Crippen molar-refractivity contribution >= 4 is 0 Å². The van der Waals surface area contributed by atoms with Crippen LogP contribution in [0, 0.1) is 5.92 Å². The molecule has 1 saturated carbocycles. The Morgan fingerprint density at radius 1 is 1.33 bits per heavy atom. The summed E-state index contributed by atoms with van der Waals surface area (Å²) in [6.45, 7) is 7.27. The molecule has 0 heterocycles. The van der Waals surface area contributed by atoms with Crippen molar-refractivity contribution in [1.29, 1.82) is 0 Å². The van der Waals surface area contributed by atoms with E-state index in [-0.39, 0.29) is 12.2 Å². The van der Waals surface area contributed by atoms with Crippen LogP contribution >= 0.6 is 0 Å². The SMILES string of the molecule is CCOC1CC(CC(O)COC(C)C)C1. The van der Waals surface area contributed by atoms with E-state index in [9.17, 15) is 5.11 Å². The Kier molecular flexibility index (Phi) is 5.58. The fourth-order valence-electron chi connectivity index (χ4n) is 2.00. The maximum atomic E-state index is 9.68. The Bertz CT molecular complexity index is 164. The molecule has 15 heavy (non-hydrogen) atoms. The first-order valence-electron chi connectivity index (χ1n) is 6.03. The van der Waals surface area contributed by atoms with E-state index in [2.05, 4.69) is 0 Å². The lowest BCUT2D eigenvalue weighted by Gasteiger charge is -2.36. The third-order valence-corrected chi connectivity index (χ3v) is 2.82. The third kappa shape index (κ3) is 4.96. The highest BCUT2D eigenvalue weighted by molar-refractivity contribution is 4.82. The first-order valence-corrected chi connectivity index (χ1v) is 6.03. The van der Waals surface area contributed by atoms with Gasteiger partial charge in [0.05, 0.1) is 24.9 Å². The van der Waals surface area contributed by atoms with Crippen LogP contribution in [0.5, 0.6) is 0 Å². The van der Waals surface area contributed by atoms with Crippen molar-refractivity contribution in [2.75, 3.05) is 13.2 Å². The highest BCUT2D eigenvalue weighted by atomic mass is 16.5. The van der Waals surface area contributed by atoms with Crippen LogP contribution in [-0.2, 0) is 9.47 Å². The van der Waals surface area contributed by atoms with Crippen molar-refractivity contribution in [2.24, 2.45) is 5.92 Å².